The van der Waals surface area contributed by atoms with Gasteiger partial charge in [0.15, 0.2) is 5.78 Å². The number of ketones is 1. The van der Waals surface area contributed by atoms with Crippen LogP contribution < -0.4 is 0 Å². The first-order valence-electron chi connectivity index (χ1n) is 7.83. The number of hydrogen-bond donors (Lipinski definition) is 0. The maximum atomic E-state index is 12.8. The van der Waals surface area contributed by atoms with E-state index in [0.29, 0.717) is 16.8 Å². The Hall–Kier alpha value is -3.07. The van der Waals surface area contributed by atoms with Gasteiger partial charge in [-0.25, -0.2) is 0 Å². The molecule has 3 heteroatoms. The molecule has 24 heavy (non-hydrogen) atoms. The molecule has 0 bridgehead atoms. The third kappa shape index (κ3) is 3.46. The number of carbonyl (C=O) groups excluding carboxylic acids is 1. The molecule has 3 aromatic rings. The standard InChI is InChI=1S/C21H18N2O/c1-15-12-13-17(14-16(15)2)21(24)19-10-6-7-11-20(19)23-22-18-8-4-3-5-9-18/h3-14H,1-2H3. The van der Waals surface area contributed by atoms with Crippen LogP contribution in [0.1, 0.15) is 27.0 Å². The molecule has 0 heterocycles. The highest BCUT2D eigenvalue weighted by Crippen LogP contribution is 2.25. The largest absolute Gasteiger partial charge is 0.289 e. The normalized spacial score (nSPS) is 10.9. The van der Waals surface area contributed by atoms with Crippen molar-refractivity contribution in [3.63, 3.8) is 0 Å². The van der Waals surface area contributed by atoms with Gasteiger partial charge < -0.3 is 0 Å². The van der Waals surface area contributed by atoms with E-state index in [1.807, 2.05) is 74.5 Å². The molecular formula is C21H18N2O. The van der Waals surface area contributed by atoms with Crippen LogP contribution in [0.5, 0.6) is 0 Å². The Morgan fingerprint density at radius 2 is 1.46 bits per heavy atom. The van der Waals surface area contributed by atoms with Crippen LogP contribution in [0.3, 0.4) is 0 Å². The Labute approximate surface area is 141 Å². The summed E-state index contributed by atoms with van der Waals surface area (Å²) in [6, 6.07) is 22.5. The fourth-order valence-electron chi connectivity index (χ4n) is 2.40. The highest BCUT2D eigenvalue weighted by molar-refractivity contribution is 6.12. The second-order valence-electron chi connectivity index (χ2n) is 5.68. The minimum Gasteiger partial charge on any atom is -0.289 e. The van der Waals surface area contributed by atoms with Crippen molar-refractivity contribution in [3.8, 4) is 0 Å². The molecule has 0 N–H and O–H groups in total. The van der Waals surface area contributed by atoms with E-state index in [1.54, 1.807) is 12.1 Å². The van der Waals surface area contributed by atoms with Crippen LogP contribution in [0, 0.1) is 13.8 Å². The van der Waals surface area contributed by atoms with E-state index in [0.717, 1.165) is 11.3 Å². The molecule has 0 aromatic heterocycles. The van der Waals surface area contributed by atoms with Crippen molar-refractivity contribution in [3.05, 3.63) is 95.1 Å². The molecule has 0 aliphatic rings. The Kier molecular flexibility index (Phi) is 4.62. The van der Waals surface area contributed by atoms with E-state index < -0.39 is 0 Å². The van der Waals surface area contributed by atoms with Gasteiger partial charge in [-0.1, -0.05) is 42.5 Å². The van der Waals surface area contributed by atoms with E-state index in [2.05, 4.69) is 10.2 Å². The van der Waals surface area contributed by atoms with Crippen molar-refractivity contribution in [1.82, 2.24) is 0 Å². The average Bonchev–Trinajstić information content (AvgIpc) is 2.63. The third-order valence-electron chi connectivity index (χ3n) is 3.95. The smallest absolute Gasteiger partial charge is 0.195 e. The first-order chi connectivity index (χ1) is 11.6. The molecule has 0 atom stereocenters. The summed E-state index contributed by atoms with van der Waals surface area (Å²) in [5, 5.41) is 8.48. The zero-order valence-electron chi connectivity index (χ0n) is 13.7. The second kappa shape index (κ2) is 7.01. The lowest BCUT2D eigenvalue weighted by atomic mass is 9.98. The van der Waals surface area contributed by atoms with Crippen molar-refractivity contribution < 1.29 is 4.79 Å². The third-order valence-corrected chi connectivity index (χ3v) is 3.95. The van der Waals surface area contributed by atoms with Crippen molar-refractivity contribution in [2.75, 3.05) is 0 Å². The first kappa shape index (κ1) is 15.8. The van der Waals surface area contributed by atoms with Crippen LogP contribution in [-0.4, -0.2) is 5.78 Å². The van der Waals surface area contributed by atoms with Crippen LogP contribution in [0.15, 0.2) is 83.0 Å². The van der Waals surface area contributed by atoms with Gasteiger partial charge in [0.2, 0.25) is 0 Å². The SMILES string of the molecule is Cc1ccc(C(=O)c2ccccc2N=Nc2ccccc2)cc1C. The van der Waals surface area contributed by atoms with Gasteiger partial charge in [-0.05, 0) is 55.3 Å². The Morgan fingerprint density at radius 1 is 0.750 bits per heavy atom. The fourth-order valence-corrected chi connectivity index (χ4v) is 2.40. The number of hydrogen-bond acceptors (Lipinski definition) is 3. The van der Waals surface area contributed by atoms with E-state index in [9.17, 15) is 4.79 Å². The van der Waals surface area contributed by atoms with Gasteiger partial charge in [-0.15, -0.1) is 5.11 Å². The molecule has 0 saturated carbocycles. The molecule has 3 rings (SSSR count). The van der Waals surface area contributed by atoms with Gasteiger partial charge in [0.05, 0.1) is 16.9 Å². The highest BCUT2D eigenvalue weighted by atomic mass is 16.1. The molecule has 118 valence electrons. The molecule has 0 spiro atoms. The molecule has 0 amide bonds. The number of azo groups is 1. The molecule has 0 unspecified atom stereocenters. The second-order valence-corrected chi connectivity index (χ2v) is 5.68. The molecule has 0 radical (unpaired) electrons. The predicted octanol–water partition coefficient (Wildman–Crippen LogP) is 5.95. The summed E-state index contributed by atoms with van der Waals surface area (Å²) in [6.45, 7) is 4.04. The summed E-state index contributed by atoms with van der Waals surface area (Å²) in [5.41, 5.74) is 4.82. The van der Waals surface area contributed by atoms with Crippen LogP contribution >= 0.6 is 0 Å². The molecule has 0 aliphatic carbocycles. The summed E-state index contributed by atoms with van der Waals surface area (Å²) in [7, 11) is 0. The molecule has 0 fully saturated rings. The van der Waals surface area contributed by atoms with Gasteiger partial charge in [-0.2, -0.15) is 5.11 Å². The van der Waals surface area contributed by atoms with E-state index >= 15 is 0 Å². The molecule has 3 aromatic carbocycles. The lowest BCUT2D eigenvalue weighted by Gasteiger charge is -2.06. The first-order valence-corrected chi connectivity index (χ1v) is 7.83. The zero-order chi connectivity index (χ0) is 16.9. The van der Waals surface area contributed by atoms with Crippen molar-refractivity contribution >= 4 is 17.2 Å². The van der Waals surface area contributed by atoms with E-state index in [-0.39, 0.29) is 5.78 Å². The van der Waals surface area contributed by atoms with Crippen molar-refractivity contribution in [1.29, 1.82) is 0 Å². The topological polar surface area (TPSA) is 41.8 Å². The van der Waals surface area contributed by atoms with Crippen LogP contribution in [0.2, 0.25) is 0 Å². The van der Waals surface area contributed by atoms with Crippen LogP contribution in [0.25, 0.3) is 0 Å². The van der Waals surface area contributed by atoms with Gasteiger partial charge in [-0.3, -0.25) is 4.79 Å². The summed E-state index contributed by atoms with van der Waals surface area (Å²) in [5.74, 6) is -0.0410. The van der Waals surface area contributed by atoms with Crippen LogP contribution in [0.4, 0.5) is 11.4 Å². The van der Waals surface area contributed by atoms with Gasteiger partial charge >= 0.3 is 0 Å². The van der Waals surface area contributed by atoms with E-state index in [1.165, 1.54) is 5.56 Å². The van der Waals surface area contributed by atoms with Gasteiger partial charge in [0.1, 0.15) is 0 Å². The number of aryl methyl sites for hydroxylation is 2. The van der Waals surface area contributed by atoms with Gasteiger partial charge in [0.25, 0.3) is 0 Å². The lowest BCUT2D eigenvalue weighted by molar-refractivity contribution is 0.103. The molecule has 3 nitrogen and oxygen atoms in total. The Morgan fingerprint density at radius 3 is 2.21 bits per heavy atom. The minimum absolute atomic E-state index is 0.0410. The number of nitrogens with zero attached hydrogens (tertiary/aromatic N) is 2. The highest BCUT2D eigenvalue weighted by Gasteiger charge is 2.13. The Bertz CT molecular complexity index is 899. The monoisotopic (exact) mass is 314 g/mol. The zero-order valence-corrected chi connectivity index (χ0v) is 13.7. The lowest BCUT2D eigenvalue weighted by Crippen LogP contribution is -2.02. The summed E-state index contributed by atoms with van der Waals surface area (Å²) >= 11 is 0. The summed E-state index contributed by atoms with van der Waals surface area (Å²) in [4.78, 5) is 12.8. The van der Waals surface area contributed by atoms with E-state index in [4.69, 9.17) is 0 Å². The molecular weight excluding hydrogens is 296 g/mol. The summed E-state index contributed by atoms with van der Waals surface area (Å²) < 4.78 is 0. The number of carbonyl (C=O) groups is 1. The van der Waals surface area contributed by atoms with Crippen molar-refractivity contribution in [2.45, 2.75) is 13.8 Å². The Balaban J connectivity index is 1.95. The minimum atomic E-state index is -0.0410. The molecule has 0 aliphatic heterocycles. The number of rotatable bonds is 4. The number of benzene rings is 3. The average molecular weight is 314 g/mol. The predicted molar refractivity (Wildman–Crippen MR) is 96.4 cm³/mol. The maximum Gasteiger partial charge on any atom is 0.195 e. The maximum absolute atomic E-state index is 12.8. The molecule has 0 saturated heterocycles. The van der Waals surface area contributed by atoms with Gasteiger partial charge in [0, 0.05) is 5.56 Å². The quantitative estimate of drug-likeness (QED) is 0.433. The summed E-state index contributed by atoms with van der Waals surface area (Å²) in [6.07, 6.45) is 0. The van der Waals surface area contributed by atoms with Crippen molar-refractivity contribution in [2.24, 2.45) is 10.2 Å². The van der Waals surface area contributed by atoms with Crippen LogP contribution in [-0.2, 0) is 0 Å². The fraction of sp³-hybridized carbons (Fsp3) is 0.0952.